The summed E-state index contributed by atoms with van der Waals surface area (Å²) in [4.78, 5) is 10.7. The van der Waals surface area contributed by atoms with Gasteiger partial charge in [0.25, 0.3) is 0 Å². The molecule has 0 radical (unpaired) electrons. The number of hydrogen-bond donors (Lipinski definition) is 3. The predicted octanol–water partition coefficient (Wildman–Crippen LogP) is -0.447. The number of aliphatic hydroxyl groups is 1. The Kier molecular flexibility index (Phi) is 4.83. The van der Waals surface area contributed by atoms with E-state index in [2.05, 4.69) is 30.8 Å². The molecule has 11 heteroatoms. The number of ether oxygens (including phenoxy) is 1. The van der Waals surface area contributed by atoms with E-state index >= 15 is 0 Å². The van der Waals surface area contributed by atoms with E-state index in [0.717, 1.165) is 0 Å². The Balaban J connectivity index is 1.88. The molecular formula is C14H23N9O2. The molecule has 2 aromatic rings. The van der Waals surface area contributed by atoms with Crippen LogP contribution in [-0.2, 0) is 13.6 Å². The second-order valence-corrected chi connectivity index (χ2v) is 6.22. The SMILES string of the molecule is CC(C)Oc1nc(NCc2nnnn2C)c(N)c(N2CC[C@H](O)C2)n1. The molecule has 1 saturated heterocycles. The summed E-state index contributed by atoms with van der Waals surface area (Å²) < 4.78 is 7.21. The molecule has 1 aliphatic rings. The average Bonchev–Trinajstić information content (AvgIpc) is 3.15. The first-order chi connectivity index (χ1) is 11.9. The van der Waals surface area contributed by atoms with Crippen molar-refractivity contribution in [1.29, 1.82) is 0 Å². The highest BCUT2D eigenvalue weighted by atomic mass is 16.5. The van der Waals surface area contributed by atoms with Gasteiger partial charge in [0.2, 0.25) is 0 Å². The molecule has 0 unspecified atom stereocenters. The number of tetrazole rings is 1. The molecule has 1 fully saturated rings. The zero-order valence-corrected chi connectivity index (χ0v) is 14.5. The van der Waals surface area contributed by atoms with Crippen molar-refractivity contribution < 1.29 is 9.84 Å². The predicted molar refractivity (Wildman–Crippen MR) is 91.2 cm³/mol. The summed E-state index contributed by atoms with van der Waals surface area (Å²) in [5.74, 6) is 1.65. The van der Waals surface area contributed by atoms with Crippen LogP contribution in [0.1, 0.15) is 26.1 Å². The van der Waals surface area contributed by atoms with Crippen molar-refractivity contribution in [3.05, 3.63) is 5.82 Å². The third kappa shape index (κ3) is 3.87. The van der Waals surface area contributed by atoms with Gasteiger partial charge in [-0.2, -0.15) is 9.97 Å². The molecule has 1 atom stereocenters. The van der Waals surface area contributed by atoms with E-state index in [1.807, 2.05) is 18.7 Å². The van der Waals surface area contributed by atoms with E-state index in [0.29, 0.717) is 49.2 Å². The van der Waals surface area contributed by atoms with Crippen LogP contribution in [0.15, 0.2) is 0 Å². The van der Waals surface area contributed by atoms with Gasteiger partial charge in [-0.3, -0.25) is 0 Å². The molecular weight excluding hydrogens is 326 g/mol. The fourth-order valence-electron chi connectivity index (χ4n) is 2.57. The Hall–Kier alpha value is -2.69. The van der Waals surface area contributed by atoms with E-state index < -0.39 is 0 Å². The van der Waals surface area contributed by atoms with Gasteiger partial charge in [-0.05, 0) is 30.7 Å². The zero-order valence-electron chi connectivity index (χ0n) is 14.5. The number of nitrogens with one attached hydrogen (secondary N) is 1. The quantitative estimate of drug-likeness (QED) is 0.628. The molecule has 0 saturated carbocycles. The molecule has 3 rings (SSSR count). The van der Waals surface area contributed by atoms with Gasteiger partial charge in [0.15, 0.2) is 17.5 Å². The lowest BCUT2D eigenvalue weighted by Gasteiger charge is -2.21. The van der Waals surface area contributed by atoms with Crippen molar-refractivity contribution in [3.8, 4) is 6.01 Å². The maximum Gasteiger partial charge on any atom is 0.320 e. The van der Waals surface area contributed by atoms with Gasteiger partial charge >= 0.3 is 6.01 Å². The number of aromatic nitrogens is 6. The maximum absolute atomic E-state index is 9.80. The number of hydrogen-bond acceptors (Lipinski definition) is 10. The minimum absolute atomic E-state index is 0.0727. The van der Waals surface area contributed by atoms with Gasteiger partial charge in [0.1, 0.15) is 5.69 Å². The van der Waals surface area contributed by atoms with Crippen LogP contribution in [0.2, 0.25) is 0 Å². The average molecular weight is 349 g/mol. The molecule has 0 spiro atoms. The second-order valence-electron chi connectivity index (χ2n) is 6.22. The van der Waals surface area contributed by atoms with Crippen molar-refractivity contribution in [2.45, 2.75) is 39.0 Å². The fraction of sp³-hybridized carbons (Fsp3) is 0.643. The number of β-amino-alcohol motifs (C(OH)–C–C–N with tert-alkyl or cyclic N) is 1. The first kappa shape index (κ1) is 17.1. The highest BCUT2D eigenvalue weighted by Gasteiger charge is 2.26. The Morgan fingerprint density at radius 2 is 2.20 bits per heavy atom. The van der Waals surface area contributed by atoms with Crippen LogP contribution in [0.5, 0.6) is 6.01 Å². The van der Waals surface area contributed by atoms with Crippen molar-refractivity contribution in [1.82, 2.24) is 30.2 Å². The lowest BCUT2D eigenvalue weighted by atomic mass is 10.3. The van der Waals surface area contributed by atoms with Crippen LogP contribution in [0, 0.1) is 0 Å². The van der Waals surface area contributed by atoms with E-state index in [1.54, 1.807) is 11.7 Å². The van der Waals surface area contributed by atoms with Gasteiger partial charge < -0.3 is 25.8 Å². The number of rotatable bonds is 6. The summed E-state index contributed by atoms with van der Waals surface area (Å²) in [6.07, 6.45) is 0.221. The van der Waals surface area contributed by atoms with Crippen LogP contribution in [0.25, 0.3) is 0 Å². The van der Waals surface area contributed by atoms with E-state index in [1.165, 1.54) is 0 Å². The fourth-order valence-corrected chi connectivity index (χ4v) is 2.57. The Morgan fingerprint density at radius 1 is 1.40 bits per heavy atom. The van der Waals surface area contributed by atoms with Crippen molar-refractivity contribution in [3.63, 3.8) is 0 Å². The number of anilines is 3. The maximum atomic E-state index is 9.80. The largest absolute Gasteiger partial charge is 0.461 e. The Morgan fingerprint density at radius 3 is 2.80 bits per heavy atom. The topological polar surface area (TPSA) is 140 Å². The van der Waals surface area contributed by atoms with Gasteiger partial charge in [0, 0.05) is 20.1 Å². The minimum Gasteiger partial charge on any atom is -0.461 e. The van der Waals surface area contributed by atoms with Gasteiger partial charge in [-0.15, -0.1) is 5.10 Å². The molecule has 0 aliphatic carbocycles. The Labute approximate surface area is 145 Å². The van der Waals surface area contributed by atoms with Crippen molar-refractivity contribution in [2.75, 3.05) is 29.0 Å². The standard InChI is InChI=1S/C14H23N9O2/c1-8(2)25-14-17-12(16-6-10-19-20-21-22(10)3)11(15)13(18-14)23-5-4-9(24)7-23/h8-9,24H,4-7,15H2,1-3H3,(H,16,17,18)/t9-/m0/s1. The summed E-state index contributed by atoms with van der Waals surface area (Å²) in [7, 11) is 1.75. The van der Waals surface area contributed by atoms with Crippen LogP contribution >= 0.6 is 0 Å². The smallest absolute Gasteiger partial charge is 0.320 e. The molecule has 11 nitrogen and oxygen atoms in total. The summed E-state index contributed by atoms with van der Waals surface area (Å²) in [6.45, 7) is 5.31. The van der Waals surface area contributed by atoms with Crippen LogP contribution in [0.3, 0.4) is 0 Å². The van der Waals surface area contributed by atoms with Gasteiger partial charge in [-0.1, -0.05) is 0 Å². The molecule has 2 aromatic heterocycles. The Bertz CT molecular complexity index is 733. The molecule has 1 aliphatic heterocycles. The molecule has 0 aromatic carbocycles. The minimum atomic E-state index is -0.384. The third-order valence-electron chi connectivity index (χ3n) is 3.83. The summed E-state index contributed by atoms with van der Waals surface area (Å²) in [5, 5.41) is 24.2. The van der Waals surface area contributed by atoms with E-state index in [4.69, 9.17) is 10.5 Å². The summed E-state index contributed by atoms with van der Waals surface area (Å²) in [6, 6.07) is 0.235. The third-order valence-corrected chi connectivity index (χ3v) is 3.83. The summed E-state index contributed by atoms with van der Waals surface area (Å²) in [5.41, 5.74) is 6.66. The van der Waals surface area contributed by atoms with Crippen LogP contribution < -0.4 is 20.7 Å². The first-order valence-corrected chi connectivity index (χ1v) is 8.16. The van der Waals surface area contributed by atoms with Crippen molar-refractivity contribution in [2.24, 2.45) is 7.05 Å². The monoisotopic (exact) mass is 349 g/mol. The number of nitrogens with two attached hydrogens (primary N) is 1. The van der Waals surface area contributed by atoms with Crippen molar-refractivity contribution >= 4 is 17.3 Å². The van der Waals surface area contributed by atoms with Gasteiger partial charge in [-0.25, -0.2) is 4.68 Å². The normalized spacial score (nSPS) is 17.3. The first-order valence-electron chi connectivity index (χ1n) is 8.16. The molecule has 25 heavy (non-hydrogen) atoms. The second kappa shape index (κ2) is 7.05. The number of aryl methyl sites for hydroxylation is 1. The molecule has 0 bridgehead atoms. The molecule has 3 heterocycles. The number of nitrogens with zero attached hydrogens (tertiary/aromatic N) is 7. The highest BCUT2D eigenvalue weighted by molar-refractivity contribution is 5.76. The lowest BCUT2D eigenvalue weighted by Crippen LogP contribution is -2.25. The molecule has 136 valence electrons. The lowest BCUT2D eigenvalue weighted by molar-refractivity contribution is 0.198. The van der Waals surface area contributed by atoms with E-state index in [9.17, 15) is 5.11 Å². The molecule has 0 amide bonds. The van der Waals surface area contributed by atoms with Crippen LogP contribution in [0.4, 0.5) is 17.3 Å². The van der Waals surface area contributed by atoms with Gasteiger partial charge in [0.05, 0.1) is 18.8 Å². The molecule has 4 N–H and O–H groups in total. The zero-order chi connectivity index (χ0) is 18.0. The highest BCUT2D eigenvalue weighted by Crippen LogP contribution is 2.32. The van der Waals surface area contributed by atoms with Crippen LogP contribution in [-0.4, -0.2) is 60.6 Å². The van der Waals surface area contributed by atoms with E-state index in [-0.39, 0.29) is 18.2 Å². The number of nitrogen functional groups attached to an aromatic ring is 1. The summed E-state index contributed by atoms with van der Waals surface area (Å²) >= 11 is 0. The number of aliphatic hydroxyl groups excluding tert-OH is 1.